The van der Waals surface area contributed by atoms with Crippen LogP contribution in [0.2, 0.25) is 0 Å². The third-order valence-electron chi connectivity index (χ3n) is 2.32. The Labute approximate surface area is 104 Å². The standard InChI is InChI=1S/C13H10N4O/c14-17-16-12-8-6-10(7-9-12)13(18)15-11-4-2-1-3-5-11/h1-9H,(H,15,18). The second-order valence-corrected chi connectivity index (χ2v) is 3.56. The first-order valence-electron chi connectivity index (χ1n) is 5.31. The molecule has 2 aromatic carbocycles. The van der Waals surface area contributed by atoms with Crippen molar-refractivity contribution in [3.63, 3.8) is 0 Å². The highest BCUT2D eigenvalue weighted by Gasteiger charge is 2.04. The summed E-state index contributed by atoms with van der Waals surface area (Å²) in [6.45, 7) is 0. The number of azide groups is 1. The van der Waals surface area contributed by atoms with Gasteiger partial charge in [-0.2, -0.15) is 0 Å². The van der Waals surface area contributed by atoms with Crippen LogP contribution in [-0.4, -0.2) is 5.91 Å². The van der Waals surface area contributed by atoms with Crippen LogP contribution in [0.3, 0.4) is 0 Å². The van der Waals surface area contributed by atoms with Crippen molar-refractivity contribution in [1.29, 1.82) is 0 Å². The Bertz CT molecular complexity index is 586. The van der Waals surface area contributed by atoms with Gasteiger partial charge in [0.1, 0.15) is 0 Å². The third-order valence-corrected chi connectivity index (χ3v) is 2.32. The molecule has 0 aromatic heterocycles. The predicted octanol–water partition coefficient (Wildman–Crippen LogP) is 3.88. The van der Waals surface area contributed by atoms with Crippen molar-refractivity contribution in [3.8, 4) is 0 Å². The molecule has 0 spiro atoms. The van der Waals surface area contributed by atoms with Gasteiger partial charge in [0.05, 0.1) is 0 Å². The maximum Gasteiger partial charge on any atom is 0.255 e. The lowest BCUT2D eigenvalue weighted by Gasteiger charge is -2.04. The van der Waals surface area contributed by atoms with Crippen LogP contribution >= 0.6 is 0 Å². The summed E-state index contributed by atoms with van der Waals surface area (Å²) in [5.41, 5.74) is 10.00. The molecule has 0 aliphatic carbocycles. The van der Waals surface area contributed by atoms with Crippen molar-refractivity contribution in [3.05, 3.63) is 70.6 Å². The Balaban J connectivity index is 2.12. The van der Waals surface area contributed by atoms with Crippen LogP contribution in [0, 0.1) is 0 Å². The van der Waals surface area contributed by atoms with Gasteiger partial charge in [-0.1, -0.05) is 35.4 Å². The minimum absolute atomic E-state index is 0.200. The van der Waals surface area contributed by atoms with Crippen LogP contribution in [0.15, 0.2) is 59.7 Å². The van der Waals surface area contributed by atoms with Gasteiger partial charge in [-0.3, -0.25) is 4.79 Å². The van der Waals surface area contributed by atoms with Gasteiger partial charge in [-0.05, 0) is 29.8 Å². The first kappa shape index (κ1) is 11.7. The molecule has 1 amide bonds. The molecule has 2 rings (SSSR count). The van der Waals surface area contributed by atoms with Gasteiger partial charge in [0, 0.05) is 21.8 Å². The van der Waals surface area contributed by atoms with Crippen LogP contribution in [0.4, 0.5) is 11.4 Å². The van der Waals surface area contributed by atoms with E-state index in [1.54, 1.807) is 24.3 Å². The molecular formula is C13H10N4O. The minimum Gasteiger partial charge on any atom is -0.322 e. The number of benzene rings is 2. The number of carbonyl (C=O) groups excluding carboxylic acids is 1. The number of amides is 1. The number of nitrogens with one attached hydrogen (secondary N) is 1. The smallest absolute Gasteiger partial charge is 0.255 e. The first-order valence-corrected chi connectivity index (χ1v) is 5.31. The molecule has 0 bridgehead atoms. The summed E-state index contributed by atoms with van der Waals surface area (Å²) in [6.07, 6.45) is 0. The van der Waals surface area contributed by atoms with Gasteiger partial charge < -0.3 is 5.32 Å². The first-order chi connectivity index (χ1) is 8.79. The van der Waals surface area contributed by atoms with Gasteiger partial charge in [-0.25, -0.2) is 0 Å². The maximum atomic E-state index is 11.9. The van der Waals surface area contributed by atoms with Crippen molar-refractivity contribution in [2.24, 2.45) is 5.11 Å². The van der Waals surface area contributed by atoms with Gasteiger partial charge in [-0.15, -0.1) is 0 Å². The van der Waals surface area contributed by atoms with Gasteiger partial charge in [0.25, 0.3) is 5.91 Å². The Kier molecular flexibility index (Phi) is 3.59. The zero-order valence-electron chi connectivity index (χ0n) is 9.45. The number of carbonyl (C=O) groups is 1. The fraction of sp³-hybridized carbons (Fsp3) is 0. The fourth-order valence-electron chi connectivity index (χ4n) is 1.46. The largest absolute Gasteiger partial charge is 0.322 e. The third kappa shape index (κ3) is 2.87. The minimum atomic E-state index is -0.200. The van der Waals surface area contributed by atoms with Crippen molar-refractivity contribution in [2.45, 2.75) is 0 Å². The zero-order chi connectivity index (χ0) is 12.8. The topological polar surface area (TPSA) is 77.9 Å². The number of para-hydroxylation sites is 1. The lowest BCUT2D eigenvalue weighted by molar-refractivity contribution is 0.102. The SMILES string of the molecule is [N-]=[N+]=Nc1ccc(C(=O)Nc2ccccc2)cc1. The fourth-order valence-corrected chi connectivity index (χ4v) is 1.46. The number of hydrogen-bond donors (Lipinski definition) is 1. The summed E-state index contributed by atoms with van der Waals surface area (Å²) in [5.74, 6) is -0.200. The van der Waals surface area contributed by atoms with Crippen molar-refractivity contribution >= 4 is 17.3 Å². The monoisotopic (exact) mass is 238 g/mol. The molecule has 0 radical (unpaired) electrons. The van der Waals surface area contributed by atoms with E-state index in [4.69, 9.17) is 5.53 Å². The molecule has 18 heavy (non-hydrogen) atoms. The van der Waals surface area contributed by atoms with Crippen LogP contribution in [0.25, 0.3) is 10.4 Å². The predicted molar refractivity (Wildman–Crippen MR) is 69.6 cm³/mol. The van der Waals surface area contributed by atoms with Crippen molar-refractivity contribution in [2.75, 3.05) is 5.32 Å². The molecular weight excluding hydrogens is 228 g/mol. The van der Waals surface area contributed by atoms with E-state index in [0.717, 1.165) is 5.69 Å². The molecule has 88 valence electrons. The van der Waals surface area contributed by atoms with E-state index in [9.17, 15) is 4.79 Å². The van der Waals surface area contributed by atoms with Crippen LogP contribution in [-0.2, 0) is 0 Å². The molecule has 0 saturated heterocycles. The van der Waals surface area contributed by atoms with E-state index in [2.05, 4.69) is 15.3 Å². The molecule has 0 aliphatic heterocycles. The molecule has 0 aliphatic rings. The van der Waals surface area contributed by atoms with Gasteiger partial charge >= 0.3 is 0 Å². The highest BCUT2D eigenvalue weighted by molar-refractivity contribution is 6.04. The quantitative estimate of drug-likeness (QED) is 0.491. The van der Waals surface area contributed by atoms with E-state index in [1.165, 1.54) is 0 Å². The molecule has 0 saturated carbocycles. The molecule has 1 N–H and O–H groups in total. The van der Waals surface area contributed by atoms with E-state index in [1.807, 2.05) is 30.3 Å². The molecule has 0 heterocycles. The number of nitrogens with zero attached hydrogens (tertiary/aromatic N) is 3. The Hall–Kier alpha value is -2.78. The lowest BCUT2D eigenvalue weighted by atomic mass is 10.2. The van der Waals surface area contributed by atoms with E-state index < -0.39 is 0 Å². The van der Waals surface area contributed by atoms with Gasteiger partial charge in [0.15, 0.2) is 0 Å². The van der Waals surface area contributed by atoms with Crippen molar-refractivity contribution < 1.29 is 4.79 Å². The highest BCUT2D eigenvalue weighted by Crippen LogP contribution is 2.14. The number of hydrogen-bond acceptors (Lipinski definition) is 2. The second-order valence-electron chi connectivity index (χ2n) is 3.56. The molecule has 5 heteroatoms. The Morgan fingerprint density at radius 2 is 1.72 bits per heavy atom. The molecule has 2 aromatic rings. The summed E-state index contributed by atoms with van der Waals surface area (Å²) >= 11 is 0. The molecule has 0 fully saturated rings. The summed E-state index contributed by atoms with van der Waals surface area (Å²) in [4.78, 5) is 14.5. The zero-order valence-corrected chi connectivity index (χ0v) is 9.45. The summed E-state index contributed by atoms with van der Waals surface area (Å²) in [6, 6.07) is 15.6. The molecule has 0 unspecified atom stereocenters. The van der Waals surface area contributed by atoms with Crippen LogP contribution in [0.1, 0.15) is 10.4 Å². The average molecular weight is 238 g/mol. The van der Waals surface area contributed by atoms with E-state index in [-0.39, 0.29) is 5.91 Å². The summed E-state index contributed by atoms with van der Waals surface area (Å²) in [5, 5.41) is 6.21. The molecule has 0 atom stereocenters. The number of rotatable bonds is 3. The van der Waals surface area contributed by atoms with E-state index in [0.29, 0.717) is 11.3 Å². The summed E-state index contributed by atoms with van der Waals surface area (Å²) in [7, 11) is 0. The second kappa shape index (κ2) is 5.52. The summed E-state index contributed by atoms with van der Waals surface area (Å²) < 4.78 is 0. The van der Waals surface area contributed by atoms with Crippen molar-refractivity contribution in [1.82, 2.24) is 0 Å². The average Bonchev–Trinajstić information content (AvgIpc) is 2.41. The maximum absolute atomic E-state index is 11.9. The van der Waals surface area contributed by atoms with Gasteiger partial charge in [0.2, 0.25) is 0 Å². The normalized spacial score (nSPS) is 9.33. The highest BCUT2D eigenvalue weighted by atomic mass is 16.1. The number of anilines is 1. The van der Waals surface area contributed by atoms with Crippen LogP contribution < -0.4 is 5.32 Å². The Morgan fingerprint density at radius 1 is 1.06 bits per heavy atom. The van der Waals surface area contributed by atoms with Crippen LogP contribution in [0.5, 0.6) is 0 Å². The Morgan fingerprint density at radius 3 is 2.33 bits per heavy atom. The molecule has 5 nitrogen and oxygen atoms in total. The lowest BCUT2D eigenvalue weighted by Crippen LogP contribution is -2.11. The van der Waals surface area contributed by atoms with E-state index >= 15 is 0 Å².